The van der Waals surface area contributed by atoms with E-state index in [1.165, 1.54) is 0 Å². The van der Waals surface area contributed by atoms with Crippen LogP contribution >= 0.6 is 0 Å². The molecule has 1 aromatic carbocycles. The second-order valence-corrected chi connectivity index (χ2v) is 5.17. The van der Waals surface area contributed by atoms with Gasteiger partial charge < -0.3 is 15.5 Å². The summed E-state index contributed by atoms with van der Waals surface area (Å²) in [5.74, 6) is 0.965. The first kappa shape index (κ1) is 12.2. The average Bonchev–Trinajstić information content (AvgIpc) is 2.42. The minimum atomic E-state index is -0.317. The summed E-state index contributed by atoms with van der Waals surface area (Å²) < 4.78 is 0. The first-order chi connectivity index (χ1) is 9.24. The van der Waals surface area contributed by atoms with Gasteiger partial charge in [-0.2, -0.15) is 0 Å². The molecule has 0 saturated heterocycles. The van der Waals surface area contributed by atoms with E-state index in [4.69, 9.17) is 0 Å². The maximum absolute atomic E-state index is 10.0. The number of rotatable bonds is 2. The van der Waals surface area contributed by atoms with Crippen molar-refractivity contribution in [2.45, 2.75) is 37.8 Å². The van der Waals surface area contributed by atoms with E-state index < -0.39 is 0 Å². The summed E-state index contributed by atoms with van der Waals surface area (Å²) in [6.45, 7) is 0. The zero-order chi connectivity index (χ0) is 13.2. The third kappa shape index (κ3) is 2.49. The molecule has 2 unspecified atom stereocenters. The van der Waals surface area contributed by atoms with Gasteiger partial charge in [-0.3, -0.25) is 0 Å². The van der Waals surface area contributed by atoms with Crippen LogP contribution in [0.1, 0.15) is 25.7 Å². The molecule has 0 aliphatic heterocycles. The van der Waals surface area contributed by atoms with Crippen LogP contribution in [0.5, 0.6) is 5.75 Å². The number of nitrogens with zero attached hydrogens (tertiary/aromatic N) is 1. The Morgan fingerprint density at radius 1 is 1.16 bits per heavy atom. The standard InChI is InChI=1S/C15H18N2O2/c18-11-6-5-10-7-8-16-15(12(10)9-11)17-13-3-1-2-4-14(13)19/h5-9,13-14,18-19H,1-4H2,(H,16,17). The number of aromatic nitrogens is 1. The number of aliphatic hydroxyl groups is 1. The molecule has 1 saturated carbocycles. The monoisotopic (exact) mass is 258 g/mol. The zero-order valence-corrected chi connectivity index (χ0v) is 10.7. The van der Waals surface area contributed by atoms with E-state index in [9.17, 15) is 10.2 Å². The summed E-state index contributed by atoms with van der Waals surface area (Å²) >= 11 is 0. The predicted molar refractivity (Wildman–Crippen MR) is 75.3 cm³/mol. The molecular formula is C15H18N2O2. The van der Waals surface area contributed by atoms with E-state index >= 15 is 0 Å². The highest BCUT2D eigenvalue weighted by atomic mass is 16.3. The van der Waals surface area contributed by atoms with E-state index in [0.717, 1.165) is 42.3 Å². The molecule has 1 heterocycles. The molecule has 3 N–H and O–H groups in total. The van der Waals surface area contributed by atoms with Crippen molar-refractivity contribution >= 4 is 16.6 Å². The van der Waals surface area contributed by atoms with Crippen molar-refractivity contribution in [1.82, 2.24) is 4.98 Å². The summed E-state index contributed by atoms with van der Waals surface area (Å²) in [5.41, 5.74) is 0. The average molecular weight is 258 g/mol. The van der Waals surface area contributed by atoms with Gasteiger partial charge >= 0.3 is 0 Å². The van der Waals surface area contributed by atoms with Gasteiger partial charge in [-0.25, -0.2) is 4.98 Å². The Bertz CT molecular complexity index is 585. The molecule has 2 atom stereocenters. The van der Waals surface area contributed by atoms with Crippen LogP contribution in [-0.4, -0.2) is 27.3 Å². The lowest BCUT2D eigenvalue weighted by Crippen LogP contribution is -2.36. The predicted octanol–water partition coefficient (Wildman–Crippen LogP) is 2.66. The maximum Gasteiger partial charge on any atom is 0.134 e. The van der Waals surface area contributed by atoms with Gasteiger partial charge in [0, 0.05) is 11.6 Å². The highest BCUT2D eigenvalue weighted by molar-refractivity contribution is 5.92. The van der Waals surface area contributed by atoms with Crippen molar-refractivity contribution < 1.29 is 10.2 Å². The van der Waals surface area contributed by atoms with E-state index in [1.807, 2.05) is 12.1 Å². The van der Waals surface area contributed by atoms with Gasteiger partial charge in [0.1, 0.15) is 11.6 Å². The van der Waals surface area contributed by atoms with Gasteiger partial charge in [-0.1, -0.05) is 18.9 Å². The van der Waals surface area contributed by atoms with Gasteiger partial charge in [-0.15, -0.1) is 0 Å². The molecule has 100 valence electrons. The molecule has 4 nitrogen and oxygen atoms in total. The van der Waals surface area contributed by atoms with Crippen molar-refractivity contribution in [2.75, 3.05) is 5.32 Å². The molecule has 1 aliphatic rings. The Morgan fingerprint density at radius 3 is 2.84 bits per heavy atom. The molecule has 1 aromatic heterocycles. The van der Waals surface area contributed by atoms with Gasteiger partial charge in [0.2, 0.25) is 0 Å². The van der Waals surface area contributed by atoms with Crippen LogP contribution in [-0.2, 0) is 0 Å². The third-order valence-electron chi connectivity index (χ3n) is 3.80. The van der Waals surface area contributed by atoms with Crippen LogP contribution in [0.2, 0.25) is 0 Å². The van der Waals surface area contributed by atoms with E-state index in [-0.39, 0.29) is 17.9 Å². The molecule has 4 heteroatoms. The Balaban J connectivity index is 1.93. The topological polar surface area (TPSA) is 65.4 Å². The summed E-state index contributed by atoms with van der Waals surface area (Å²) in [4.78, 5) is 4.34. The van der Waals surface area contributed by atoms with Gasteiger partial charge in [0.05, 0.1) is 12.1 Å². The normalized spacial score (nSPS) is 23.4. The summed E-state index contributed by atoms with van der Waals surface area (Å²) in [7, 11) is 0. The number of phenolic OH excluding ortho intramolecular Hbond substituents is 1. The van der Waals surface area contributed by atoms with Gasteiger partial charge in [0.25, 0.3) is 0 Å². The molecule has 0 amide bonds. The maximum atomic E-state index is 10.0. The zero-order valence-electron chi connectivity index (χ0n) is 10.7. The second kappa shape index (κ2) is 5.05. The molecule has 3 rings (SSSR count). The van der Waals surface area contributed by atoms with Crippen LogP contribution < -0.4 is 5.32 Å². The Kier molecular flexibility index (Phi) is 3.25. The van der Waals surface area contributed by atoms with Crippen molar-refractivity contribution in [1.29, 1.82) is 0 Å². The summed E-state index contributed by atoms with van der Waals surface area (Å²) in [5, 5.41) is 24.9. The summed E-state index contributed by atoms with van der Waals surface area (Å²) in [6, 6.07) is 7.21. The molecule has 0 radical (unpaired) electrons. The summed E-state index contributed by atoms with van der Waals surface area (Å²) in [6.07, 6.45) is 5.44. The second-order valence-electron chi connectivity index (χ2n) is 5.17. The number of pyridine rings is 1. The first-order valence-electron chi connectivity index (χ1n) is 6.76. The first-order valence-corrected chi connectivity index (χ1v) is 6.76. The minimum Gasteiger partial charge on any atom is -0.508 e. The number of aliphatic hydroxyl groups excluding tert-OH is 1. The third-order valence-corrected chi connectivity index (χ3v) is 3.80. The van der Waals surface area contributed by atoms with Crippen molar-refractivity contribution in [3.63, 3.8) is 0 Å². The number of hydrogen-bond acceptors (Lipinski definition) is 4. The van der Waals surface area contributed by atoms with Crippen molar-refractivity contribution in [3.05, 3.63) is 30.5 Å². The number of nitrogens with one attached hydrogen (secondary N) is 1. The Hall–Kier alpha value is -1.81. The fraction of sp³-hybridized carbons (Fsp3) is 0.400. The Labute approximate surface area is 112 Å². The number of anilines is 1. The molecule has 1 aliphatic carbocycles. The molecular weight excluding hydrogens is 240 g/mol. The highest BCUT2D eigenvalue weighted by Crippen LogP contribution is 2.28. The van der Waals surface area contributed by atoms with Crippen LogP contribution in [0.3, 0.4) is 0 Å². The molecule has 2 aromatic rings. The largest absolute Gasteiger partial charge is 0.508 e. The van der Waals surface area contributed by atoms with E-state index in [0.29, 0.717) is 0 Å². The molecule has 0 spiro atoms. The van der Waals surface area contributed by atoms with E-state index in [2.05, 4.69) is 10.3 Å². The number of aromatic hydroxyl groups is 1. The molecule has 0 bridgehead atoms. The number of phenols is 1. The van der Waals surface area contributed by atoms with Crippen molar-refractivity contribution in [2.24, 2.45) is 0 Å². The number of benzene rings is 1. The van der Waals surface area contributed by atoms with Crippen LogP contribution in [0.25, 0.3) is 10.8 Å². The Morgan fingerprint density at radius 2 is 2.00 bits per heavy atom. The quantitative estimate of drug-likeness (QED) is 0.774. The van der Waals surface area contributed by atoms with Crippen LogP contribution in [0, 0.1) is 0 Å². The SMILES string of the molecule is Oc1ccc2ccnc(NC3CCCCC3O)c2c1. The molecule has 1 fully saturated rings. The smallest absolute Gasteiger partial charge is 0.134 e. The lowest BCUT2D eigenvalue weighted by Gasteiger charge is -2.29. The highest BCUT2D eigenvalue weighted by Gasteiger charge is 2.23. The number of fused-ring (bicyclic) bond motifs is 1. The molecule has 19 heavy (non-hydrogen) atoms. The lowest BCUT2D eigenvalue weighted by atomic mass is 9.92. The van der Waals surface area contributed by atoms with E-state index in [1.54, 1.807) is 18.3 Å². The lowest BCUT2D eigenvalue weighted by molar-refractivity contribution is 0.116. The van der Waals surface area contributed by atoms with Gasteiger partial charge in [0.15, 0.2) is 0 Å². The number of hydrogen-bond donors (Lipinski definition) is 3. The van der Waals surface area contributed by atoms with Crippen molar-refractivity contribution in [3.8, 4) is 5.75 Å². The minimum absolute atomic E-state index is 0.0502. The fourth-order valence-electron chi connectivity index (χ4n) is 2.73. The van der Waals surface area contributed by atoms with Gasteiger partial charge in [-0.05, 0) is 36.4 Å². The van der Waals surface area contributed by atoms with Crippen LogP contribution in [0.15, 0.2) is 30.5 Å². The fourth-order valence-corrected chi connectivity index (χ4v) is 2.73. The van der Waals surface area contributed by atoms with Crippen LogP contribution in [0.4, 0.5) is 5.82 Å².